The minimum absolute atomic E-state index is 0.747. The first kappa shape index (κ1) is 13.5. The van der Waals surface area contributed by atoms with Gasteiger partial charge in [0.25, 0.3) is 0 Å². The summed E-state index contributed by atoms with van der Waals surface area (Å²) in [6.45, 7) is 3.34. The number of aromatic nitrogens is 3. The topological polar surface area (TPSA) is 45.5 Å². The van der Waals surface area contributed by atoms with Crippen LogP contribution in [0.25, 0.3) is 5.65 Å². The second-order valence-electron chi connectivity index (χ2n) is 6.09. The molecule has 0 saturated carbocycles. The Kier molecular flexibility index (Phi) is 3.59. The van der Waals surface area contributed by atoms with Crippen LogP contribution in [0.1, 0.15) is 25.7 Å². The van der Waals surface area contributed by atoms with E-state index >= 15 is 0 Å². The Labute approximate surface area is 132 Å². The molecule has 2 aromatic rings. The average molecular weight is 350 g/mol. The molecule has 2 fully saturated rings. The van der Waals surface area contributed by atoms with E-state index in [1.54, 1.807) is 0 Å². The van der Waals surface area contributed by atoms with Crippen LogP contribution in [-0.2, 0) is 0 Å². The van der Waals surface area contributed by atoms with Gasteiger partial charge in [0, 0.05) is 29.8 Å². The van der Waals surface area contributed by atoms with Gasteiger partial charge in [-0.05, 0) is 66.2 Å². The van der Waals surface area contributed by atoms with E-state index in [4.69, 9.17) is 0 Å². The summed E-state index contributed by atoms with van der Waals surface area (Å²) in [5.41, 5.74) is 0.910. The van der Waals surface area contributed by atoms with Crippen LogP contribution in [0.5, 0.6) is 0 Å². The molecule has 2 aromatic heterocycles. The second kappa shape index (κ2) is 5.57. The van der Waals surface area contributed by atoms with Crippen LogP contribution in [0.15, 0.2) is 22.8 Å². The molecule has 1 unspecified atom stereocenters. The Hall–Kier alpha value is -1.14. The average Bonchev–Trinajstić information content (AvgIpc) is 3.16. The summed E-state index contributed by atoms with van der Waals surface area (Å²) >= 11 is 3.47. The number of piperidine rings is 1. The molecule has 0 amide bonds. The van der Waals surface area contributed by atoms with Crippen LogP contribution in [-0.4, -0.2) is 40.3 Å². The van der Waals surface area contributed by atoms with E-state index in [1.165, 1.54) is 32.2 Å². The predicted octanol–water partition coefficient (Wildman–Crippen LogP) is 2.46. The fourth-order valence-corrected chi connectivity index (χ4v) is 3.92. The van der Waals surface area contributed by atoms with Crippen molar-refractivity contribution in [2.45, 2.75) is 31.7 Å². The highest BCUT2D eigenvalue weighted by Gasteiger charge is 2.29. The van der Waals surface area contributed by atoms with Crippen molar-refractivity contribution in [1.82, 2.24) is 19.9 Å². The Morgan fingerprint density at radius 3 is 2.81 bits per heavy atom. The van der Waals surface area contributed by atoms with Gasteiger partial charge in [0.1, 0.15) is 0 Å². The molecule has 1 N–H and O–H groups in total. The predicted molar refractivity (Wildman–Crippen MR) is 86.6 cm³/mol. The SMILES string of the molecule is Brc1ccc2nc(N3CCC(C4CCCN4)CC3)nn2c1. The van der Waals surface area contributed by atoms with Gasteiger partial charge in [-0.3, -0.25) is 0 Å². The summed E-state index contributed by atoms with van der Waals surface area (Å²) in [5.74, 6) is 1.70. The summed E-state index contributed by atoms with van der Waals surface area (Å²) in [6, 6.07) is 4.75. The summed E-state index contributed by atoms with van der Waals surface area (Å²) < 4.78 is 2.88. The van der Waals surface area contributed by atoms with Crippen LogP contribution in [0.4, 0.5) is 5.95 Å². The zero-order chi connectivity index (χ0) is 14.2. The van der Waals surface area contributed by atoms with E-state index in [0.717, 1.165) is 41.1 Å². The zero-order valence-electron chi connectivity index (χ0n) is 12.0. The Morgan fingerprint density at radius 1 is 1.19 bits per heavy atom. The number of nitrogens with one attached hydrogen (secondary N) is 1. The molecule has 1 atom stereocenters. The lowest BCUT2D eigenvalue weighted by Crippen LogP contribution is -2.41. The Bertz CT molecular complexity index is 626. The molecule has 2 saturated heterocycles. The number of pyridine rings is 1. The fourth-order valence-electron chi connectivity index (χ4n) is 3.60. The van der Waals surface area contributed by atoms with E-state index in [0.29, 0.717) is 0 Å². The highest BCUT2D eigenvalue weighted by Crippen LogP contribution is 2.27. The Balaban J connectivity index is 1.46. The maximum atomic E-state index is 4.64. The third kappa shape index (κ3) is 2.66. The van der Waals surface area contributed by atoms with E-state index < -0.39 is 0 Å². The van der Waals surface area contributed by atoms with Gasteiger partial charge in [0.05, 0.1) is 0 Å². The summed E-state index contributed by atoms with van der Waals surface area (Å²) in [6.07, 6.45) is 7.15. The van der Waals surface area contributed by atoms with Gasteiger partial charge in [-0.25, -0.2) is 4.52 Å². The molecule has 2 aliphatic heterocycles. The largest absolute Gasteiger partial charge is 0.339 e. The molecule has 0 aromatic carbocycles. The molecule has 4 heterocycles. The first-order valence-electron chi connectivity index (χ1n) is 7.80. The molecule has 0 spiro atoms. The number of hydrogen-bond acceptors (Lipinski definition) is 4. The van der Waals surface area contributed by atoms with Crippen LogP contribution in [0.2, 0.25) is 0 Å². The molecule has 0 radical (unpaired) electrons. The van der Waals surface area contributed by atoms with Gasteiger partial charge >= 0.3 is 0 Å². The summed E-state index contributed by atoms with van der Waals surface area (Å²) in [4.78, 5) is 6.97. The maximum absolute atomic E-state index is 4.64. The van der Waals surface area contributed by atoms with Crippen molar-refractivity contribution in [3.05, 3.63) is 22.8 Å². The number of anilines is 1. The zero-order valence-corrected chi connectivity index (χ0v) is 13.6. The number of nitrogens with zero attached hydrogens (tertiary/aromatic N) is 4. The van der Waals surface area contributed by atoms with Crippen molar-refractivity contribution in [2.75, 3.05) is 24.5 Å². The summed E-state index contributed by atoms with van der Waals surface area (Å²) in [7, 11) is 0. The molecule has 6 heteroatoms. The van der Waals surface area contributed by atoms with Crippen LogP contribution in [0, 0.1) is 5.92 Å². The van der Waals surface area contributed by atoms with Crippen LogP contribution >= 0.6 is 15.9 Å². The number of rotatable bonds is 2. The van der Waals surface area contributed by atoms with Gasteiger partial charge in [0.2, 0.25) is 5.95 Å². The number of halogens is 1. The van der Waals surface area contributed by atoms with Gasteiger partial charge in [-0.1, -0.05) is 0 Å². The van der Waals surface area contributed by atoms with Crippen molar-refractivity contribution in [1.29, 1.82) is 0 Å². The van der Waals surface area contributed by atoms with Crippen molar-refractivity contribution in [2.24, 2.45) is 5.92 Å². The highest BCUT2D eigenvalue weighted by atomic mass is 79.9. The lowest BCUT2D eigenvalue weighted by atomic mass is 9.89. The van der Waals surface area contributed by atoms with Crippen LogP contribution in [0.3, 0.4) is 0 Å². The molecule has 5 nitrogen and oxygen atoms in total. The standard InChI is InChI=1S/C15H20BrN5/c16-12-3-4-14-18-15(19-21(14)10-12)20-8-5-11(6-9-20)13-2-1-7-17-13/h3-4,10-11,13,17H,1-2,5-9H2. The minimum Gasteiger partial charge on any atom is -0.339 e. The number of fused-ring (bicyclic) bond motifs is 1. The fraction of sp³-hybridized carbons (Fsp3) is 0.600. The van der Waals surface area contributed by atoms with Gasteiger partial charge < -0.3 is 10.2 Å². The highest BCUT2D eigenvalue weighted by molar-refractivity contribution is 9.10. The van der Waals surface area contributed by atoms with Gasteiger partial charge in [-0.15, -0.1) is 5.10 Å². The normalized spacial score (nSPS) is 24.0. The smallest absolute Gasteiger partial charge is 0.245 e. The molecule has 112 valence electrons. The molecule has 2 aliphatic rings. The third-order valence-corrected chi connectivity index (χ3v) is 5.24. The first-order chi connectivity index (χ1) is 10.3. The maximum Gasteiger partial charge on any atom is 0.245 e. The van der Waals surface area contributed by atoms with Crippen LogP contribution < -0.4 is 10.2 Å². The van der Waals surface area contributed by atoms with Crippen molar-refractivity contribution in [3.8, 4) is 0 Å². The molecular formula is C15H20BrN5. The second-order valence-corrected chi connectivity index (χ2v) is 7.00. The van der Waals surface area contributed by atoms with Crippen molar-refractivity contribution >= 4 is 27.5 Å². The number of hydrogen-bond donors (Lipinski definition) is 1. The van der Waals surface area contributed by atoms with E-state index in [-0.39, 0.29) is 0 Å². The molecule has 0 aliphatic carbocycles. The lowest BCUT2D eigenvalue weighted by Gasteiger charge is -2.34. The quantitative estimate of drug-likeness (QED) is 0.904. The molecular weight excluding hydrogens is 330 g/mol. The molecule has 4 rings (SSSR count). The Morgan fingerprint density at radius 2 is 2.05 bits per heavy atom. The van der Waals surface area contributed by atoms with Crippen molar-refractivity contribution < 1.29 is 0 Å². The lowest BCUT2D eigenvalue weighted by molar-refractivity contribution is 0.317. The van der Waals surface area contributed by atoms with E-state index in [2.05, 4.69) is 36.2 Å². The van der Waals surface area contributed by atoms with Crippen molar-refractivity contribution in [3.63, 3.8) is 0 Å². The van der Waals surface area contributed by atoms with Gasteiger partial charge in [0.15, 0.2) is 5.65 Å². The minimum atomic E-state index is 0.747. The van der Waals surface area contributed by atoms with E-state index in [9.17, 15) is 0 Å². The summed E-state index contributed by atoms with van der Waals surface area (Å²) in [5, 5.41) is 8.26. The molecule has 21 heavy (non-hydrogen) atoms. The van der Waals surface area contributed by atoms with Gasteiger partial charge in [-0.2, -0.15) is 4.98 Å². The monoisotopic (exact) mass is 349 g/mol. The van der Waals surface area contributed by atoms with E-state index in [1.807, 2.05) is 22.8 Å². The first-order valence-corrected chi connectivity index (χ1v) is 8.59. The third-order valence-electron chi connectivity index (χ3n) is 4.77. The molecule has 0 bridgehead atoms.